The number of nitrogens with zero attached hydrogens (tertiary/aromatic N) is 1. The summed E-state index contributed by atoms with van der Waals surface area (Å²) in [5, 5.41) is 5.89. The first-order valence-electron chi connectivity index (χ1n) is 11.1. The quantitative estimate of drug-likeness (QED) is 0.585. The number of rotatable bonds is 7. The van der Waals surface area contributed by atoms with Crippen molar-refractivity contribution in [1.82, 2.24) is 15.5 Å². The molecule has 1 fully saturated rings. The van der Waals surface area contributed by atoms with Crippen molar-refractivity contribution in [3.8, 4) is 0 Å². The topological polar surface area (TPSA) is 91.7 Å². The number of likely N-dealkylation sites (tertiary alicyclic amines) is 1. The number of nitrogens with one attached hydrogen (secondary N) is 2. The van der Waals surface area contributed by atoms with E-state index < -0.39 is 11.9 Å². The Labute approximate surface area is 192 Å². The summed E-state index contributed by atoms with van der Waals surface area (Å²) in [5.41, 5.74) is 1.58. The van der Waals surface area contributed by atoms with Gasteiger partial charge in [-0.25, -0.2) is 0 Å². The molecule has 2 heterocycles. The molecule has 1 aliphatic rings. The summed E-state index contributed by atoms with van der Waals surface area (Å²) in [6.07, 6.45) is 3.14. The molecule has 33 heavy (non-hydrogen) atoms. The summed E-state index contributed by atoms with van der Waals surface area (Å²) >= 11 is 0. The van der Waals surface area contributed by atoms with Crippen LogP contribution in [-0.4, -0.2) is 47.8 Å². The molecular formula is C26H27N3O4. The molecule has 170 valence electrons. The van der Waals surface area contributed by atoms with Gasteiger partial charge in [-0.05, 0) is 42.7 Å². The Morgan fingerprint density at radius 3 is 2.18 bits per heavy atom. The van der Waals surface area contributed by atoms with Crippen molar-refractivity contribution in [2.45, 2.75) is 31.3 Å². The van der Waals surface area contributed by atoms with E-state index in [2.05, 4.69) is 10.6 Å². The van der Waals surface area contributed by atoms with Crippen LogP contribution in [-0.2, 0) is 11.2 Å². The number of amides is 3. The second-order valence-corrected chi connectivity index (χ2v) is 8.13. The van der Waals surface area contributed by atoms with E-state index in [1.54, 1.807) is 29.2 Å². The van der Waals surface area contributed by atoms with E-state index >= 15 is 0 Å². The largest absolute Gasteiger partial charge is 0.459 e. The number of hydrogen-bond donors (Lipinski definition) is 2. The lowest BCUT2D eigenvalue weighted by Gasteiger charge is -2.34. The van der Waals surface area contributed by atoms with Crippen LogP contribution in [0, 0.1) is 0 Å². The molecule has 3 amide bonds. The fourth-order valence-electron chi connectivity index (χ4n) is 4.01. The number of hydrogen-bond acceptors (Lipinski definition) is 4. The molecule has 1 aromatic heterocycles. The first-order valence-corrected chi connectivity index (χ1v) is 11.1. The minimum atomic E-state index is -0.708. The third kappa shape index (κ3) is 5.88. The number of furan rings is 1. The van der Waals surface area contributed by atoms with Crippen LogP contribution in [0.1, 0.15) is 39.3 Å². The van der Waals surface area contributed by atoms with Gasteiger partial charge < -0.3 is 20.0 Å². The molecule has 3 aromatic rings. The molecule has 0 spiro atoms. The van der Waals surface area contributed by atoms with Gasteiger partial charge in [-0.15, -0.1) is 0 Å². The summed E-state index contributed by atoms with van der Waals surface area (Å²) in [6, 6.07) is 21.2. The van der Waals surface area contributed by atoms with Crippen LogP contribution in [0.25, 0.3) is 0 Å². The van der Waals surface area contributed by atoms with Gasteiger partial charge in [0.05, 0.1) is 6.26 Å². The summed E-state index contributed by atoms with van der Waals surface area (Å²) < 4.78 is 5.18. The average molecular weight is 446 g/mol. The fraction of sp³-hybridized carbons (Fsp3) is 0.269. The Balaban J connectivity index is 1.37. The molecule has 0 bridgehead atoms. The molecule has 0 aliphatic carbocycles. The van der Waals surface area contributed by atoms with E-state index in [1.165, 1.54) is 6.26 Å². The molecule has 0 radical (unpaired) electrons. The van der Waals surface area contributed by atoms with Crippen molar-refractivity contribution >= 4 is 17.7 Å². The van der Waals surface area contributed by atoms with E-state index in [9.17, 15) is 14.4 Å². The van der Waals surface area contributed by atoms with Crippen molar-refractivity contribution in [3.63, 3.8) is 0 Å². The van der Waals surface area contributed by atoms with Crippen molar-refractivity contribution in [1.29, 1.82) is 0 Å². The summed E-state index contributed by atoms with van der Waals surface area (Å²) in [6.45, 7) is 1.03. The normalized spacial score (nSPS) is 15.0. The van der Waals surface area contributed by atoms with Crippen molar-refractivity contribution in [3.05, 3.63) is 95.9 Å². The minimum Gasteiger partial charge on any atom is -0.459 e. The Morgan fingerprint density at radius 1 is 0.879 bits per heavy atom. The average Bonchev–Trinajstić information content (AvgIpc) is 3.40. The molecule has 7 heteroatoms. The molecule has 2 aromatic carbocycles. The molecule has 1 unspecified atom stereocenters. The van der Waals surface area contributed by atoms with E-state index in [1.807, 2.05) is 48.5 Å². The van der Waals surface area contributed by atoms with Gasteiger partial charge >= 0.3 is 0 Å². The van der Waals surface area contributed by atoms with Crippen LogP contribution in [0.3, 0.4) is 0 Å². The van der Waals surface area contributed by atoms with E-state index in [4.69, 9.17) is 4.42 Å². The first-order chi connectivity index (χ1) is 16.1. The standard InChI is InChI=1S/C26H27N3O4/c30-24(20-10-5-2-6-11-20)27-21-13-15-29(16-14-21)26(32)22(18-19-8-3-1-4-9-19)28-25(31)23-12-7-17-33-23/h1-12,17,21-22H,13-16,18H2,(H,27,30)(H,28,31). The van der Waals surface area contributed by atoms with Crippen molar-refractivity contribution in [2.75, 3.05) is 13.1 Å². The van der Waals surface area contributed by atoms with Crippen LogP contribution >= 0.6 is 0 Å². The highest BCUT2D eigenvalue weighted by molar-refractivity contribution is 5.96. The SMILES string of the molecule is O=C(NC1CCN(C(=O)C(Cc2ccccc2)NC(=O)c2ccco2)CC1)c1ccccc1. The van der Waals surface area contributed by atoms with Crippen LogP contribution in [0.4, 0.5) is 0 Å². The summed E-state index contributed by atoms with van der Waals surface area (Å²) in [5.74, 6) is -0.484. The van der Waals surface area contributed by atoms with Crippen molar-refractivity contribution < 1.29 is 18.8 Å². The predicted octanol–water partition coefficient (Wildman–Crippen LogP) is 3.04. The molecule has 1 saturated heterocycles. The monoisotopic (exact) mass is 445 g/mol. The first kappa shape index (κ1) is 22.3. The van der Waals surface area contributed by atoms with Gasteiger partial charge in [0.2, 0.25) is 5.91 Å². The number of benzene rings is 2. The van der Waals surface area contributed by atoms with E-state index in [0.29, 0.717) is 37.9 Å². The zero-order valence-corrected chi connectivity index (χ0v) is 18.3. The van der Waals surface area contributed by atoms with Gasteiger partial charge in [-0.2, -0.15) is 0 Å². The molecule has 4 rings (SSSR count). The van der Waals surface area contributed by atoms with Crippen LogP contribution in [0.15, 0.2) is 83.5 Å². The lowest BCUT2D eigenvalue weighted by atomic mass is 10.0. The highest BCUT2D eigenvalue weighted by Crippen LogP contribution is 2.15. The second kappa shape index (κ2) is 10.6. The lowest BCUT2D eigenvalue weighted by Crippen LogP contribution is -2.53. The van der Waals surface area contributed by atoms with Gasteiger partial charge in [0, 0.05) is 31.1 Å². The van der Waals surface area contributed by atoms with E-state index in [0.717, 1.165) is 5.56 Å². The smallest absolute Gasteiger partial charge is 0.287 e. The molecule has 2 N–H and O–H groups in total. The predicted molar refractivity (Wildman–Crippen MR) is 124 cm³/mol. The highest BCUT2D eigenvalue weighted by Gasteiger charge is 2.30. The second-order valence-electron chi connectivity index (χ2n) is 8.13. The van der Waals surface area contributed by atoms with Crippen LogP contribution in [0.5, 0.6) is 0 Å². The van der Waals surface area contributed by atoms with Crippen molar-refractivity contribution in [2.24, 2.45) is 0 Å². The Hall–Kier alpha value is -3.87. The summed E-state index contributed by atoms with van der Waals surface area (Å²) in [4.78, 5) is 40.1. The maximum atomic E-state index is 13.4. The number of carbonyl (C=O) groups excluding carboxylic acids is 3. The molecule has 1 aliphatic heterocycles. The molecule has 7 nitrogen and oxygen atoms in total. The molecule has 0 saturated carbocycles. The van der Waals surface area contributed by atoms with Gasteiger partial charge in [-0.3, -0.25) is 14.4 Å². The Bertz CT molecular complexity index is 1060. The fourth-order valence-corrected chi connectivity index (χ4v) is 4.01. The zero-order valence-electron chi connectivity index (χ0n) is 18.3. The number of piperidine rings is 1. The Morgan fingerprint density at radius 2 is 1.55 bits per heavy atom. The maximum Gasteiger partial charge on any atom is 0.287 e. The van der Waals surface area contributed by atoms with Crippen LogP contribution < -0.4 is 10.6 Å². The zero-order chi connectivity index (χ0) is 23.0. The van der Waals surface area contributed by atoms with Gasteiger partial charge in [0.1, 0.15) is 6.04 Å². The number of carbonyl (C=O) groups is 3. The molecule has 1 atom stereocenters. The highest BCUT2D eigenvalue weighted by atomic mass is 16.3. The third-order valence-corrected chi connectivity index (χ3v) is 5.81. The third-order valence-electron chi connectivity index (χ3n) is 5.81. The van der Waals surface area contributed by atoms with Gasteiger partial charge in [-0.1, -0.05) is 48.5 Å². The minimum absolute atomic E-state index is 0.00652. The Kier molecular flexibility index (Phi) is 7.19. The van der Waals surface area contributed by atoms with E-state index in [-0.39, 0.29) is 23.6 Å². The summed E-state index contributed by atoms with van der Waals surface area (Å²) in [7, 11) is 0. The molecular weight excluding hydrogens is 418 g/mol. The van der Waals surface area contributed by atoms with Crippen LogP contribution in [0.2, 0.25) is 0 Å². The lowest BCUT2D eigenvalue weighted by molar-refractivity contribution is -0.134. The van der Waals surface area contributed by atoms with Gasteiger partial charge in [0.25, 0.3) is 11.8 Å². The van der Waals surface area contributed by atoms with Gasteiger partial charge in [0.15, 0.2) is 5.76 Å². The maximum absolute atomic E-state index is 13.4.